The molecule has 1 unspecified atom stereocenters. The second-order valence-corrected chi connectivity index (χ2v) is 6.42. The molecule has 1 aromatic heterocycles. The molecule has 1 aliphatic heterocycles. The van der Waals surface area contributed by atoms with Gasteiger partial charge in [-0.2, -0.15) is 0 Å². The van der Waals surface area contributed by atoms with Gasteiger partial charge in [-0.05, 0) is 49.8 Å². The first-order valence-corrected chi connectivity index (χ1v) is 8.10. The fourth-order valence-corrected chi connectivity index (χ4v) is 4.18. The number of fused-ring (bicyclic) bond motifs is 1. The molecule has 4 nitrogen and oxygen atoms in total. The summed E-state index contributed by atoms with van der Waals surface area (Å²) in [6, 6.07) is 6.64. The molecule has 1 atom stereocenters. The maximum Gasteiger partial charge on any atom is 0.140 e. The van der Waals surface area contributed by atoms with Crippen LogP contribution in [0.15, 0.2) is 24.5 Å². The predicted molar refractivity (Wildman–Crippen MR) is 86.3 cm³/mol. The molecule has 0 spiro atoms. The van der Waals surface area contributed by atoms with E-state index in [2.05, 4.69) is 20.9 Å². The molecular formula is C17H22N4. The molecule has 2 aromatic rings. The molecule has 0 bridgehead atoms. The summed E-state index contributed by atoms with van der Waals surface area (Å²) in [7, 11) is 0. The molecule has 0 amide bonds. The van der Waals surface area contributed by atoms with Crippen LogP contribution in [0.5, 0.6) is 0 Å². The fourth-order valence-electron chi connectivity index (χ4n) is 4.18. The average molecular weight is 282 g/mol. The third kappa shape index (κ3) is 2.23. The van der Waals surface area contributed by atoms with Gasteiger partial charge < -0.3 is 10.6 Å². The van der Waals surface area contributed by atoms with Gasteiger partial charge in [0.1, 0.15) is 12.1 Å². The van der Waals surface area contributed by atoms with E-state index in [9.17, 15) is 0 Å². The van der Waals surface area contributed by atoms with E-state index >= 15 is 0 Å². The van der Waals surface area contributed by atoms with Crippen LogP contribution in [0.4, 0.5) is 11.5 Å². The van der Waals surface area contributed by atoms with Crippen molar-refractivity contribution in [2.75, 3.05) is 17.2 Å². The van der Waals surface area contributed by atoms with Gasteiger partial charge in [0, 0.05) is 23.7 Å². The molecule has 1 aromatic carbocycles. The molecule has 4 heteroatoms. The Balaban J connectivity index is 1.74. The Morgan fingerprint density at radius 1 is 1.05 bits per heavy atom. The Labute approximate surface area is 125 Å². The number of rotatable bonds is 2. The van der Waals surface area contributed by atoms with Crippen LogP contribution < -0.4 is 10.6 Å². The largest absolute Gasteiger partial charge is 0.399 e. The molecule has 4 rings (SSSR count). The Morgan fingerprint density at radius 3 is 2.76 bits per heavy atom. The zero-order valence-corrected chi connectivity index (χ0v) is 12.3. The van der Waals surface area contributed by atoms with Crippen LogP contribution in [0.1, 0.15) is 38.5 Å². The maximum atomic E-state index is 5.88. The summed E-state index contributed by atoms with van der Waals surface area (Å²) >= 11 is 0. The fraction of sp³-hybridized carbons (Fsp3) is 0.529. The van der Waals surface area contributed by atoms with Crippen LogP contribution in [0, 0.1) is 5.92 Å². The van der Waals surface area contributed by atoms with E-state index in [1.165, 1.54) is 38.5 Å². The van der Waals surface area contributed by atoms with Gasteiger partial charge in [0.15, 0.2) is 0 Å². The summed E-state index contributed by atoms with van der Waals surface area (Å²) in [5, 5.41) is 1.14. The van der Waals surface area contributed by atoms with Crippen molar-refractivity contribution in [3.05, 3.63) is 24.5 Å². The van der Waals surface area contributed by atoms with E-state index < -0.39 is 0 Å². The first-order valence-electron chi connectivity index (χ1n) is 8.10. The second kappa shape index (κ2) is 5.17. The lowest BCUT2D eigenvalue weighted by Crippen LogP contribution is -2.35. The number of benzene rings is 1. The number of nitrogens with zero attached hydrogens (tertiary/aromatic N) is 3. The van der Waals surface area contributed by atoms with Crippen LogP contribution in [0.25, 0.3) is 10.9 Å². The van der Waals surface area contributed by atoms with Gasteiger partial charge in [0.05, 0.1) is 5.52 Å². The van der Waals surface area contributed by atoms with Crippen LogP contribution in [0.2, 0.25) is 0 Å². The molecular weight excluding hydrogens is 260 g/mol. The van der Waals surface area contributed by atoms with Gasteiger partial charge in [-0.25, -0.2) is 9.97 Å². The lowest BCUT2D eigenvalue weighted by Gasteiger charge is -2.31. The first-order chi connectivity index (χ1) is 10.3. The van der Waals surface area contributed by atoms with E-state index in [1.54, 1.807) is 6.33 Å². The number of aromatic nitrogens is 2. The Bertz CT molecular complexity index is 648. The van der Waals surface area contributed by atoms with Crippen molar-refractivity contribution in [1.82, 2.24) is 9.97 Å². The van der Waals surface area contributed by atoms with Crippen molar-refractivity contribution in [2.45, 2.75) is 44.6 Å². The normalized spacial score (nSPS) is 23.2. The number of hydrogen-bond donors (Lipinski definition) is 1. The van der Waals surface area contributed by atoms with Gasteiger partial charge in [0.25, 0.3) is 0 Å². The molecule has 2 aliphatic rings. The minimum Gasteiger partial charge on any atom is -0.399 e. The number of hydrogen-bond acceptors (Lipinski definition) is 4. The van der Waals surface area contributed by atoms with Crippen molar-refractivity contribution in [3.8, 4) is 0 Å². The summed E-state index contributed by atoms with van der Waals surface area (Å²) in [5.41, 5.74) is 7.60. The topological polar surface area (TPSA) is 55.0 Å². The van der Waals surface area contributed by atoms with Crippen LogP contribution in [-0.4, -0.2) is 22.6 Å². The van der Waals surface area contributed by atoms with Crippen molar-refractivity contribution in [1.29, 1.82) is 0 Å². The van der Waals surface area contributed by atoms with E-state index in [0.29, 0.717) is 6.04 Å². The zero-order chi connectivity index (χ0) is 14.2. The van der Waals surface area contributed by atoms with E-state index in [-0.39, 0.29) is 0 Å². The molecule has 2 fully saturated rings. The number of anilines is 2. The quantitative estimate of drug-likeness (QED) is 0.858. The van der Waals surface area contributed by atoms with Crippen LogP contribution in [-0.2, 0) is 0 Å². The highest BCUT2D eigenvalue weighted by atomic mass is 15.2. The van der Waals surface area contributed by atoms with E-state index in [4.69, 9.17) is 5.73 Å². The highest BCUT2D eigenvalue weighted by molar-refractivity contribution is 5.91. The smallest absolute Gasteiger partial charge is 0.140 e. The minimum atomic E-state index is 0.670. The van der Waals surface area contributed by atoms with Gasteiger partial charge in [-0.3, -0.25) is 0 Å². The first kappa shape index (κ1) is 12.9. The third-order valence-electron chi connectivity index (χ3n) is 5.15. The third-order valence-corrected chi connectivity index (χ3v) is 5.15. The number of nitrogens with two attached hydrogens (primary N) is 1. The Morgan fingerprint density at radius 2 is 1.90 bits per heavy atom. The molecule has 21 heavy (non-hydrogen) atoms. The highest BCUT2D eigenvalue weighted by Crippen LogP contribution is 2.38. The van der Waals surface area contributed by atoms with Gasteiger partial charge >= 0.3 is 0 Å². The molecule has 2 heterocycles. The highest BCUT2D eigenvalue weighted by Gasteiger charge is 2.34. The Kier molecular flexibility index (Phi) is 3.17. The summed E-state index contributed by atoms with van der Waals surface area (Å²) in [5.74, 6) is 1.96. The van der Waals surface area contributed by atoms with Crippen molar-refractivity contribution >= 4 is 22.4 Å². The van der Waals surface area contributed by atoms with E-state index in [0.717, 1.165) is 34.9 Å². The van der Waals surface area contributed by atoms with Crippen molar-refractivity contribution in [2.24, 2.45) is 5.92 Å². The Hall–Kier alpha value is -1.84. The molecule has 2 N–H and O–H groups in total. The second-order valence-electron chi connectivity index (χ2n) is 6.42. The summed E-state index contributed by atoms with van der Waals surface area (Å²) < 4.78 is 0. The summed E-state index contributed by atoms with van der Waals surface area (Å²) in [4.78, 5) is 11.5. The standard InChI is InChI=1S/C17H22N4/c18-13-7-8-14-15(10-13)19-11-20-17(14)21-9-3-6-16(21)12-4-1-2-5-12/h7-8,10-12,16H,1-6,9,18H2. The van der Waals surface area contributed by atoms with Crippen molar-refractivity contribution < 1.29 is 0 Å². The van der Waals surface area contributed by atoms with Crippen LogP contribution >= 0.6 is 0 Å². The van der Waals surface area contributed by atoms with Gasteiger partial charge in [-0.1, -0.05) is 12.8 Å². The number of nitrogen functional groups attached to an aromatic ring is 1. The zero-order valence-electron chi connectivity index (χ0n) is 12.3. The minimum absolute atomic E-state index is 0.670. The molecule has 0 radical (unpaired) electrons. The monoisotopic (exact) mass is 282 g/mol. The summed E-state index contributed by atoms with van der Waals surface area (Å²) in [6.07, 6.45) is 9.84. The molecule has 1 saturated carbocycles. The molecule has 1 aliphatic carbocycles. The lowest BCUT2D eigenvalue weighted by molar-refractivity contribution is 0.429. The maximum absolute atomic E-state index is 5.88. The average Bonchev–Trinajstić information content (AvgIpc) is 3.17. The predicted octanol–water partition coefficient (Wildman–Crippen LogP) is 3.37. The SMILES string of the molecule is Nc1ccc2c(N3CCCC3C3CCCC3)ncnc2c1. The summed E-state index contributed by atoms with van der Waals surface area (Å²) in [6.45, 7) is 1.12. The lowest BCUT2D eigenvalue weighted by atomic mass is 9.96. The van der Waals surface area contributed by atoms with Crippen molar-refractivity contribution in [3.63, 3.8) is 0 Å². The van der Waals surface area contributed by atoms with Gasteiger partial charge in [0.2, 0.25) is 0 Å². The van der Waals surface area contributed by atoms with E-state index in [1.807, 2.05) is 12.1 Å². The van der Waals surface area contributed by atoms with Crippen LogP contribution in [0.3, 0.4) is 0 Å². The molecule has 1 saturated heterocycles. The molecule has 110 valence electrons. The van der Waals surface area contributed by atoms with Gasteiger partial charge in [-0.15, -0.1) is 0 Å².